The lowest BCUT2D eigenvalue weighted by Gasteiger charge is -2.16. The number of nitrogens with zero attached hydrogens (tertiary/aromatic N) is 2. The Morgan fingerprint density at radius 3 is 2.75 bits per heavy atom. The summed E-state index contributed by atoms with van der Waals surface area (Å²) in [5.74, 6) is 0. The highest BCUT2D eigenvalue weighted by Crippen LogP contribution is 2.28. The number of hydrogen-bond acceptors (Lipinski definition) is 3. The summed E-state index contributed by atoms with van der Waals surface area (Å²) in [5, 5.41) is 5.52. The third-order valence-electron chi connectivity index (χ3n) is 3.18. The van der Waals surface area contributed by atoms with E-state index < -0.39 is 0 Å². The molecule has 2 rings (SSSR count). The van der Waals surface area contributed by atoms with Crippen molar-refractivity contribution in [2.24, 2.45) is 5.73 Å². The van der Waals surface area contributed by atoms with Crippen LogP contribution >= 0.6 is 23.2 Å². The molecular formula is C14H17Cl2N3O. The molecule has 4 nitrogen and oxygen atoms in total. The fourth-order valence-corrected chi connectivity index (χ4v) is 2.43. The summed E-state index contributed by atoms with van der Waals surface area (Å²) in [4.78, 5) is 0. The Kier molecular flexibility index (Phi) is 5.05. The van der Waals surface area contributed by atoms with Crippen LogP contribution in [0.25, 0.3) is 0 Å². The fourth-order valence-electron chi connectivity index (χ4n) is 2.06. The molecule has 0 bridgehead atoms. The predicted octanol–water partition coefficient (Wildman–Crippen LogP) is 3.19. The van der Waals surface area contributed by atoms with Crippen molar-refractivity contribution in [3.05, 3.63) is 51.3 Å². The van der Waals surface area contributed by atoms with Crippen molar-refractivity contribution in [3.8, 4) is 0 Å². The van der Waals surface area contributed by atoms with Gasteiger partial charge < -0.3 is 10.5 Å². The van der Waals surface area contributed by atoms with Gasteiger partial charge in [0.1, 0.15) is 0 Å². The maximum Gasteiger partial charge on any atom is 0.0837 e. The Balaban J connectivity index is 2.34. The standard InChI is InChI=1S/C14H17Cl2N3O/c1-9-7-10(3-4-11(9)15)13(17)14-12(16)8-18-19(14)5-6-20-2/h3-4,7-8,13H,5-6,17H2,1-2H3. The summed E-state index contributed by atoms with van der Waals surface area (Å²) < 4.78 is 6.85. The van der Waals surface area contributed by atoms with E-state index in [2.05, 4.69) is 5.10 Å². The molecule has 0 saturated heterocycles. The predicted molar refractivity (Wildman–Crippen MR) is 81.3 cm³/mol. The minimum absolute atomic E-state index is 0.349. The molecule has 6 heteroatoms. The van der Waals surface area contributed by atoms with Gasteiger partial charge in [-0.25, -0.2) is 0 Å². The second kappa shape index (κ2) is 6.59. The Hall–Kier alpha value is -1.07. The van der Waals surface area contributed by atoms with Crippen LogP contribution in [0.4, 0.5) is 0 Å². The molecule has 1 atom stereocenters. The number of hydrogen-bond donors (Lipinski definition) is 1. The average molecular weight is 314 g/mol. The Labute approximate surface area is 128 Å². The van der Waals surface area contributed by atoms with Crippen LogP contribution < -0.4 is 5.73 Å². The molecule has 108 valence electrons. The van der Waals surface area contributed by atoms with E-state index in [0.29, 0.717) is 18.2 Å². The van der Waals surface area contributed by atoms with Crippen molar-refractivity contribution in [3.63, 3.8) is 0 Å². The van der Waals surface area contributed by atoms with Crippen molar-refractivity contribution >= 4 is 23.2 Å². The lowest BCUT2D eigenvalue weighted by molar-refractivity contribution is 0.182. The van der Waals surface area contributed by atoms with Gasteiger partial charge in [-0.3, -0.25) is 4.68 Å². The van der Waals surface area contributed by atoms with Crippen molar-refractivity contribution < 1.29 is 4.74 Å². The van der Waals surface area contributed by atoms with Gasteiger partial charge in [-0.15, -0.1) is 0 Å². The molecule has 0 saturated carbocycles. The SMILES string of the molecule is COCCn1ncc(Cl)c1C(N)c1ccc(Cl)c(C)c1. The van der Waals surface area contributed by atoms with Crippen molar-refractivity contribution in [2.75, 3.05) is 13.7 Å². The van der Waals surface area contributed by atoms with Gasteiger partial charge in [0.15, 0.2) is 0 Å². The van der Waals surface area contributed by atoms with Crippen LogP contribution in [-0.4, -0.2) is 23.5 Å². The monoisotopic (exact) mass is 313 g/mol. The van der Waals surface area contributed by atoms with E-state index in [-0.39, 0.29) is 6.04 Å². The van der Waals surface area contributed by atoms with Crippen molar-refractivity contribution in [1.82, 2.24) is 9.78 Å². The molecule has 2 aromatic rings. The molecule has 0 aliphatic heterocycles. The largest absolute Gasteiger partial charge is 0.383 e. The summed E-state index contributed by atoms with van der Waals surface area (Å²) in [6.07, 6.45) is 1.61. The van der Waals surface area contributed by atoms with Crippen LogP contribution in [0, 0.1) is 6.92 Å². The van der Waals surface area contributed by atoms with Crippen molar-refractivity contribution in [1.29, 1.82) is 0 Å². The summed E-state index contributed by atoms with van der Waals surface area (Å²) >= 11 is 12.2. The highest BCUT2D eigenvalue weighted by atomic mass is 35.5. The van der Waals surface area contributed by atoms with Gasteiger partial charge in [-0.05, 0) is 24.1 Å². The van der Waals surface area contributed by atoms with Crippen LogP contribution in [0.15, 0.2) is 24.4 Å². The topological polar surface area (TPSA) is 53.1 Å². The number of nitrogens with two attached hydrogens (primary N) is 1. The highest BCUT2D eigenvalue weighted by Gasteiger charge is 2.19. The van der Waals surface area contributed by atoms with Crippen LogP contribution in [0.3, 0.4) is 0 Å². The number of benzene rings is 1. The van der Waals surface area contributed by atoms with Crippen LogP contribution in [0.5, 0.6) is 0 Å². The zero-order valence-corrected chi connectivity index (χ0v) is 12.9. The lowest BCUT2D eigenvalue weighted by atomic mass is 10.0. The van der Waals surface area contributed by atoms with Crippen molar-refractivity contribution in [2.45, 2.75) is 19.5 Å². The first-order valence-corrected chi connectivity index (χ1v) is 7.02. The molecular weight excluding hydrogens is 297 g/mol. The van der Waals surface area contributed by atoms with Gasteiger partial charge in [-0.2, -0.15) is 5.10 Å². The average Bonchev–Trinajstić information content (AvgIpc) is 2.80. The van der Waals surface area contributed by atoms with Gasteiger partial charge >= 0.3 is 0 Å². The van der Waals surface area contributed by atoms with E-state index in [1.54, 1.807) is 18.0 Å². The minimum atomic E-state index is -0.349. The van der Waals surface area contributed by atoms with Gasteiger partial charge in [0.2, 0.25) is 0 Å². The fraction of sp³-hybridized carbons (Fsp3) is 0.357. The molecule has 2 N–H and O–H groups in total. The molecule has 0 aliphatic rings. The van der Waals surface area contributed by atoms with E-state index >= 15 is 0 Å². The lowest BCUT2D eigenvalue weighted by Crippen LogP contribution is -2.19. The molecule has 0 spiro atoms. The van der Waals surface area contributed by atoms with Crippen LogP contribution in [0.2, 0.25) is 10.0 Å². The highest BCUT2D eigenvalue weighted by molar-refractivity contribution is 6.31. The summed E-state index contributed by atoms with van der Waals surface area (Å²) in [6.45, 7) is 3.11. The smallest absolute Gasteiger partial charge is 0.0837 e. The minimum Gasteiger partial charge on any atom is -0.383 e. The Bertz CT molecular complexity index is 598. The first kappa shape index (κ1) is 15.3. The normalized spacial score (nSPS) is 12.7. The first-order chi connectivity index (χ1) is 9.54. The van der Waals surface area contributed by atoms with E-state index in [0.717, 1.165) is 21.8 Å². The third-order valence-corrected chi connectivity index (χ3v) is 3.89. The van der Waals surface area contributed by atoms with E-state index in [1.807, 2.05) is 25.1 Å². The molecule has 20 heavy (non-hydrogen) atoms. The molecule has 0 aliphatic carbocycles. The van der Waals surface area contributed by atoms with Gasteiger partial charge in [-0.1, -0.05) is 35.3 Å². The molecule has 1 unspecified atom stereocenters. The summed E-state index contributed by atoms with van der Waals surface area (Å²) in [7, 11) is 1.65. The molecule has 1 aromatic carbocycles. The quantitative estimate of drug-likeness (QED) is 0.922. The Morgan fingerprint density at radius 2 is 2.10 bits per heavy atom. The number of methoxy groups -OCH3 is 1. The van der Waals surface area contributed by atoms with Crippen LogP contribution in [0.1, 0.15) is 22.9 Å². The summed E-state index contributed by atoms with van der Waals surface area (Å²) in [5.41, 5.74) is 9.04. The number of halogens is 2. The van der Waals surface area contributed by atoms with Gasteiger partial charge in [0.25, 0.3) is 0 Å². The van der Waals surface area contributed by atoms with E-state index in [1.165, 1.54) is 0 Å². The Morgan fingerprint density at radius 1 is 1.35 bits per heavy atom. The molecule has 0 fully saturated rings. The maximum absolute atomic E-state index is 6.32. The number of aromatic nitrogens is 2. The number of rotatable bonds is 5. The second-order valence-electron chi connectivity index (χ2n) is 4.58. The van der Waals surface area contributed by atoms with Gasteiger partial charge in [0.05, 0.1) is 36.1 Å². The van der Waals surface area contributed by atoms with E-state index in [9.17, 15) is 0 Å². The maximum atomic E-state index is 6.32. The molecule has 0 radical (unpaired) electrons. The van der Waals surface area contributed by atoms with E-state index in [4.69, 9.17) is 33.7 Å². The number of ether oxygens (including phenoxy) is 1. The zero-order chi connectivity index (χ0) is 14.7. The summed E-state index contributed by atoms with van der Waals surface area (Å²) in [6, 6.07) is 5.37. The second-order valence-corrected chi connectivity index (χ2v) is 5.39. The molecule has 0 amide bonds. The molecule has 1 heterocycles. The molecule has 1 aromatic heterocycles. The van der Waals surface area contributed by atoms with Crippen LogP contribution in [-0.2, 0) is 11.3 Å². The van der Waals surface area contributed by atoms with Gasteiger partial charge in [0, 0.05) is 12.1 Å². The third kappa shape index (κ3) is 3.15. The zero-order valence-electron chi connectivity index (χ0n) is 11.4. The number of aryl methyl sites for hydroxylation is 1. The first-order valence-electron chi connectivity index (χ1n) is 6.26.